The molecule has 0 saturated heterocycles. The monoisotopic (exact) mass is 422 g/mol. The average Bonchev–Trinajstić information content (AvgIpc) is 3.26. The summed E-state index contributed by atoms with van der Waals surface area (Å²) < 4.78 is 1.42. The summed E-state index contributed by atoms with van der Waals surface area (Å²) in [6.07, 6.45) is 4.24. The summed E-state index contributed by atoms with van der Waals surface area (Å²) >= 11 is 1.57. The summed E-state index contributed by atoms with van der Waals surface area (Å²) in [7, 11) is 1.63. The highest BCUT2D eigenvalue weighted by Gasteiger charge is 2.27. The highest BCUT2D eigenvalue weighted by Crippen LogP contribution is 2.22. The predicted octanol–water partition coefficient (Wildman–Crippen LogP) is 1.90. The van der Waals surface area contributed by atoms with E-state index in [2.05, 4.69) is 10.3 Å². The van der Waals surface area contributed by atoms with Crippen molar-refractivity contribution >= 4 is 23.2 Å². The third kappa shape index (κ3) is 4.18. The molecule has 4 heterocycles. The Morgan fingerprint density at radius 3 is 2.87 bits per heavy atom. The minimum atomic E-state index is -0.406. The van der Waals surface area contributed by atoms with Crippen LogP contribution in [0.15, 0.2) is 52.2 Å². The third-order valence-electron chi connectivity index (χ3n) is 5.24. The minimum Gasteiger partial charge on any atom is -0.346 e. The summed E-state index contributed by atoms with van der Waals surface area (Å²) in [5.74, 6) is -0.356. The molecule has 1 aliphatic rings. The first-order chi connectivity index (χ1) is 14.5. The fraction of sp³-hybridized carbons (Fsp3) is 0.273. The molecule has 0 spiro atoms. The number of amides is 2. The zero-order chi connectivity index (χ0) is 21.1. The number of rotatable bonds is 5. The third-order valence-corrected chi connectivity index (χ3v) is 5.97. The number of thiophene rings is 1. The second-order valence-corrected chi connectivity index (χ2v) is 8.08. The molecule has 3 aromatic heterocycles. The molecule has 2 amide bonds. The lowest BCUT2D eigenvalue weighted by molar-refractivity contribution is -0.131. The number of nitrogens with one attached hydrogen (secondary N) is 1. The Labute approximate surface area is 178 Å². The van der Waals surface area contributed by atoms with Crippen molar-refractivity contribution in [1.29, 1.82) is 0 Å². The van der Waals surface area contributed by atoms with E-state index >= 15 is 0 Å². The lowest BCUT2D eigenvalue weighted by Crippen LogP contribution is -2.41. The van der Waals surface area contributed by atoms with E-state index in [1.165, 1.54) is 4.57 Å². The van der Waals surface area contributed by atoms with Gasteiger partial charge in [-0.3, -0.25) is 19.4 Å². The van der Waals surface area contributed by atoms with Crippen LogP contribution in [0, 0.1) is 0 Å². The van der Waals surface area contributed by atoms with Gasteiger partial charge in [0, 0.05) is 32.5 Å². The van der Waals surface area contributed by atoms with Gasteiger partial charge in [-0.05, 0) is 52.1 Å². The molecule has 0 bridgehead atoms. The molecule has 0 unspecified atom stereocenters. The van der Waals surface area contributed by atoms with Gasteiger partial charge in [0.1, 0.15) is 5.56 Å². The molecule has 0 atom stereocenters. The molecule has 8 heteroatoms. The van der Waals surface area contributed by atoms with Gasteiger partial charge < -0.3 is 14.8 Å². The van der Waals surface area contributed by atoms with Crippen molar-refractivity contribution in [2.75, 3.05) is 6.54 Å². The topological polar surface area (TPSA) is 84.3 Å². The highest BCUT2D eigenvalue weighted by molar-refractivity contribution is 7.08. The van der Waals surface area contributed by atoms with Gasteiger partial charge in [0.05, 0.1) is 18.7 Å². The van der Waals surface area contributed by atoms with Crippen molar-refractivity contribution in [3.63, 3.8) is 0 Å². The first-order valence-corrected chi connectivity index (χ1v) is 10.7. The van der Waals surface area contributed by atoms with Gasteiger partial charge in [-0.2, -0.15) is 11.3 Å². The van der Waals surface area contributed by atoms with E-state index in [-0.39, 0.29) is 23.6 Å². The van der Waals surface area contributed by atoms with E-state index in [9.17, 15) is 14.4 Å². The molecule has 7 nitrogen and oxygen atoms in total. The van der Waals surface area contributed by atoms with Crippen molar-refractivity contribution < 1.29 is 9.59 Å². The quantitative estimate of drug-likeness (QED) is 0.681. The van der Waals surface area contributed by atoms with Crippen LogP contribution in [-0.4, -0.2) is 32.8 Å². The number of hydrogen-bond acceptors (Lipinski definition) is 5. The van der Waals surface area contributed by atoms with Crippen LogP contribution in [-0.2, 0) is 37.8 Å². The summed E-state index contributed by atoms with van der Waals surface area (Å²) in [4.78, 5) is 44.2. The van der Waals surface area contributed by atoms with Gasteiger partial charge in [0.25, 0.3) is 11.5 Å². The van der Waals surface area contributed by atoms with Crippen molar-refractivity contribution in [3.05, 3.63) is 85.7 Å². The fourth-order valence-electron chi connectivity index (χ4n) is 3.68. The van der Waals surface area contributed by atoms with Gasteiger partial charge in [-0.25, -0.2) is 0 Å². The van der Waals surface area contributed by atoms with Crippen LogP contribution >= 0.6 is 11.3 Å². The van der Waals surface area contributed by atoms with Crippen LogP contribution < -0.4 is 10.9 Å². The van der Waals surface area contributed by atoms with Crippen molar-refractivity contribution in [2.24, 2.45) is 7.05 Å². The predicted molar refractivity (Wildman–Crippen MR) is 114 cm³/mol. The molecule has 0 saturated carbocycles. The number of carbonyl (C=O) groups is 2. The molecule has 3 aromatic rings. The Morgan fingerprint density at radius 1 is 1.27 bits per heavy atom. The van der Waals surface area contributed by atoms with Gasteiger partial charge in [0.2, 0.25) is 5.91 Å². The normalized spacial score (nSPS) is 13.0. The molecule has 0 fully saturated rings. The highest BCUT2D eigenvalue weighted by atomic mass is 32.1. The van der Waals surface area contributed by atoms with Crippen LogP contribution in [0.25, 0.3) is 0 Å². The summed E-state index contributed by atoms with van der Waals surface area (Å²) in [6, 6.07) is 7.42. The van der Waals surface area contributed by atoms with Crippen LogP contribution in [0.5, 0.6) is 0 Å². The van der Waals surface area contributed by atoms with Crippen LogP contribution in [0.2, 0.25) is 0 Å². The lowest BCUT2D eigenvalue weighted by atomic mass is 9.95. The van der Waals surface area contributed by atoms with E-state index in [1.807, 2.05) is 29.0 Å². The van der Waals surface area contributed by atoms with E-state index in [0.717, 1.165) is 22.4 Å². The van der Waals surface area contributed by atoms with Gasteiger partial charge >= 0.3 is 0 Å². The minimum absolute atomic E-state index is 0.0501. The maximum absolute atomic E-state index is 12.9. The molecule has 30 heavy (non-hydrogen) atoms. The smallest absolute Gasteiger partial charge is 0.263 e. The fourth-order valence-corrected chi connectivity index (χ4v) is 4.35. The van der Waals surface area contributed by atoms with E-state index < -0.39 is 5.91 Å². The molecular formula is C22H22N4O3S. The van der Waals surface area contributed by atoms with Gasteiger partial charge in [-0.1, -0.05) is 6.07 Å². The molecule has 0 aromatic carbocycles. The maximum atomic E-state index is 12.9. The van der Waals surface area contributed by atoms with E-state index in [1.54, 1.807) is 41.7 Å². The Kier molecular flexibility index (Phi) is 5.76. The maximum Gasteiger partial charge on any atom is 0.263 e. The summed E-state index contributed by atoms with van der Waals surface area (Å²) in [5, 5.41) is 6.74. The number of fused-ring (bicyclic) bond motifs is 1. The summed E-state index contributed by atoms with van der Waals surface area (Å²) in [6.45, 7) is 1.13. The molecule has 1 aliphatic heterocycles. The van der Waals surface area contributed by atoms with Crippen LogP contribution in [0.4, 0.5) is 0 Å². The van der Waals surface area contributed by atoms with Gasteiger partial charge in [0.15, 0.2) is 0 Å². The SMILES string of the molecule is Cn1cc2c(c(C(=O)NCc3ccccn3)c1=O)CCN(C(=O)Cc1ccsc1)C2. The number of aryl methyl sites for hydroxylation is 1. The van der Waals surface area contributed by atoms with Crippen molar-refractivity contribution in [3.8, 4) is 0 Å². The van der Waals surface area contributed by atoms with Crippen molar-refractivity contribution in [2.45, 2.75) is 25.9 Å². The Bertz CT molecular complexity index is 1120. The molecular weight excluding hydrogens is 400 g/mol. The molecule has 0 aliphatic carbocycles. The van der Waals surface area contributed by atoms with Crippen molar-refractivity contribution in [1.82, 2.24) is 19.8 Å². The largest absolute Gasteiger partial charge is 0.346 e. The Balaban J connectivity index is 1.54. The number of hydrogen-bond donors (Lipinski definition) is 1. The standard InChI is InChI=1S/C22H22N4O3S/c1-25-12-16-13-26(19(27)10-15-6-9-30-14-15)8-5-18(16)20(22(25)29)21(28)24-11-17-4-2-3-7-23-17/h2-4,6-7,9,12,14H,5,8,10-11,13H2,1H3,(H,24,28). The first kappa shape index (κ1) is 20.0. The van der Waals surface area contributed by atoms with E-state index in [4.69, 9.17) is 0 Å². The number of nitrogens with zero attached hydrogens (tertiary/aromatic N) is 3. The Morgan fingerprint density at radius 2 is 2.13 bits per heavy atom. The van der Waals surface area contributed by atoms with Crippen LogP contribution in [0.3, 0.4) is 0 Å². The Hall–Kier alpha value is -3.26. The lowest BCUT2D eigenvalue weighted by Gasteiger charge is -2.30. The number of carbonyl (C=O) groups excluding carboxylic acids is 2. The van der Waals surface area contributed by atoms with Crippen LogP contribution in [0.1, 0.15) is 32.7 Å². The zero-order valence-corrected chi connectivity index (χ0v) is 17.4. The van der Waals surface area contributed by atoms with Gasteiger partial charge in [-0.15, -0.1) is 0 Å². The average molecular weight is 423 g/mol. The molecule has 4 rings (SSSR count). The second kappa shape index (κ2) is 8.62. The molecule has 154 valence electrons. The zero-order valence-electron chi connectivity index (χ0n) is 16.6. The number of pyridine rings is 2. The molecule has 1 N–H and O–H groups in total. The molecule has 0 radical (unpaired) electrons. The first-order valence-electron chi connectivity index (χ1n) is 9.71. The second-order valence-electron chi connectivity index (χ2n) is 7.30. The van der Waals surface area contributed by atoms with E-state index in [0.29, 0.717) is 25.9 Å². The number of aromatic nitrogens is 2. The summed E-state index contributed by atoms with van der Waals surface area (Å²) in [5.41, 5.74) is 3.13.